The molecule has 0 spiro atoms. The second-order valence-corrected chi connectivity index (χ2v) is 13.7. The van der Waals surface area contributed by atoms with E-state index in [1.807, 2.05) is 0 Å². The molecule has 1 aliphatic rings. The van der Waals surface area contributed by atoms with Crippen LogP contribution in [0.2, 0.25) is 0 Å². The SMILES string of the molecule is C#CCNC(=O)CCC(CCC(=O)NCC#C)(CCC(=O)NCC#C)NC(=O)[C@H]1CC[C@@H](OP(OCCC#N)N(C(C)C)C(C)C)CC1. The minimum absolute atomic E-state index is 0.0258. The summed E-state index contributed by atoms with van der Waals surface area (Å²) in [4.78, 5) is 51.6. The summed E-state index contributed by atoms with van der Waals surface area (Å²) in [6.45, 7) is 8.77. The molecule has 0 aromatic heterocycles. The predicted octanol–water partition coefficient (Wildman–Crippen LogP) is 3.28. The Bertz CT molecular complexity index is 1110. The molecule has 0 saturated heterocycles. The molecule has 13 heteroatoms. The van der Waals surface area contributed by atoms with E-state index in [0.717, 1.165) is 0 Å². The van der Waals surface area contributed by atoms with E-state index in [4.69, 9.17) is 33.6 Å². The summed E-state index contributed by atoms with van der Waals surface area (Å²) in [6.07, 6.45) is 19.0. The highest BCUT2D eigenvalue weighted by Crippen LogP contribution is 2.49. The monoisotopic (exact) mass is 684 g/mol. The Balaban J connectivity index is 3.14. The van der Waals surface area contributed by atoms with Crippen LogP contribution < -0.4 is 21.3 Å². The molecular formula is C35H53N6O6P. The van der Waals surface area contributed by atoms with E-state index < -0.39 is 14.1 Å². The van der Waals surface area contributed by atoms with E-state index in [-0.39, 0.29) is 119 Å². The molecule has 264 valence electrons. The van der Waals surface area contributed by atoms with Gasteiger partial charge in [-0.2, -0.15) is 5.26 Å². The van der Waals surface area contributed by atoms with Crippen LogP contribution in [0, 0.1) is 54.3 Å². The van der Waals surface area contributed by atoms with Crippen molar-refractivity contribution >= 4 is 32.2 Å². The van der Waals surface area contributed by atoms with Gasteiger partial charge in [-0.3, -0.25) is 19.2 Å². The number of nitriles is 1. The zero-order valence-corrected chi connectivity index (χ0v) is 29.8. The molecule has 4 N–H and O–H groups in total. The van der Waals surface area contributed by atoms with Gasteiger partial charge in [0.15, 0.2) is 0 Å². The maximum absolute atomic E-state index is 13.9. The van der Waals surface area contributed by atoms with Crippen molar-refractivity contribution in [3.8, 4) is 43.1 Å². The number of terminal acetylenes is 3. The number of nitrogens with zero attached hydrogens (tertiary/aromatic N) is 2. The highest BCUT2D eigenvalue weighted by atomic mass is 31.2. The second-order valence-electron chi connectivity index (χ2n) is 12.3. The Morgan fingerprint density at radius 1 is 0.812 bits per heavy atom. The smallest absolute Gasteiger partial charge is 0.259 e. The number of carbonyl (C=O) groups excluding carboxylic acids is 4. The van der Waals surface area contributed by atoms with Gasteiger partial charge in [-0.25, -0.2) is 4.67 Å². The van der Waals surface area contributed by atoms with Crippen LogP contribution in [0.15, 0.2) is 0 Å². The van der Waals surface area contributed by atoms with Crippen LogP contribution in [-0.4, -0.2) is 78.3 Å². The Morgan fingerprint density at radius 2 is 1.25 bits per heavy atom. The number of hydrogen-bond donors (Lipinski definition) is 4. The standard InChI is InChI=1S/C35H53N6O6P/c1-8-23-37-31(42)16-19-35(20-17-32(43)38-24-9-2,21-18-33(44)39-25-10-3)40-34(45)29-12-14-30(15-13-29)47-48(46-26-11-22-36)41(27(4)5)28(6)7/h1-3,27-30H,11-21,23-26H2,4-7H3,(H,37,42)(H,38,43)(H,39,44)(H,40,45)/t29-,30+,48?. The van der Waals surface area contributed by atoms with Gasteiger partial charge in [0, 0.05) is 42.8 Å². The third-order valence-electron chi connectivity index (χ3n) is 7.99. The maximum atomic E-state index is 13.9. The molecule has 0 heterocycles. The summed E-state index contributed by atoms with van der Waals surface area (Å²) in [5, 5.41) is 20.1. The van der Waals surface area contributed by atoms with Gasteiger partial charge in [0.25, 0.3) is 8.53 Å². The Morgan fingerprint density at radius 3 is 1.62 bits per heavy atom. The van der Waals surface area contributed by atoms with Gasteiger partial charge < -0.3 is 30.3 Å². The zero-order chi connectivity index (χ0) is 36.0. The molecule has 1 saturated carbocycles. The summed E-state index contributed by atoms with van der Waals surface area (Å²) in [5.74, 6) is 5.64. The van der Waals surface area contributed by atoms with E-state index in [9.17, 15) is 19.2 Å². The zero-order valence-electron chi connectivity index (χ0n) is 28.9. The van der Waals surface area contributed by atoms with Gasteiger partial charge in [-0.15, -0.1) is 19.3 Å². The first kappa shape index (κ1) is 42.4. The lowest BCUT2D eigenvalue weighted by atomic mass is 9.81. The van der Waals surface area contributed by atoms with E-state index >= 15 is 0 Å². The van der Waals surface area contributed by atoms with Crippen molar-refractivity contribution in [1.29, 1.82) is 5.26 Å². The first-order valence-corrected chi connectivity index (χ1v) is 17.7. The molecular weight excluding hydrogens is 631 g/mol. The molecule has 48 heavy (non-hydrogen) atoms. The van der Waals surface area contributed by atoms with Gasteiger partial charge in [-0.1, -0.05) is 17.8 Å². The molecule has 0 aromatic rings. The van der Waals surface area contributed by atoms with Crippen LogP contribution in [0.1, 0.15) is 98.3 Å². The Labute approximate surface area is 288 Å². The van der Waals surface area contributed by atoms with Crippen LogP contribution in [0.25, 0.3) is 0 Å². The summed E-state index contributed by atoms with van der Waals surface area (Å²) in [7, 11) is -1.41. The van der Waals surface area contributed by atoms with Crippen molar-refractivity contribution < 1.29 is 28.2 Å². The molecule has 1 unspecified atom stereocenters. The lowest BCUT2D eigenvalue weighted by Crippen LogP contribution is -2.52. The first-order valence-electron chi connectivity index (χ1n) is 16.6. The van der Waals surface area contributed by atoms with E-state index in [0.29, 0.717) is 25.7 Å². The average Bonchev–Trinajstić information content (AvgIpc) is 3.05. The molecule has 0 radical (unpaired) electrons. The topological polar surface area (TPSA) is 162 Å². The van der Waals surface area contributed by atoms with Crippen molar-refractivity contribution in [3.63, 3.8) is 0 Å². The molecule has 1 aliphatic carbocycles. The molecule has 4 amide bonds. The van der Waals surface area contributed by atoms with Crippen LogP contribution >= 0.6 is 8.53 Å². The minimum Gasteiger partial charge on any atom is -0.350 e. The van der Waals surface area contributed by atoms with Crippen LogP contribution in [0.4, 0.5) is 0 Å². The molecule has 1 atom stereocenters. The molecule has 1 rings (SSSR count). The fraction of sp³-hybridized carbons (Fsp3) is 0.686. The fourth-order valence-corrected chi connectivity index (χ4v) is 7.32. The summed E-state index contributed by atoms with van der Waals surface area (Å²) in [6, 6.07) is 2.45. The number of amides is 4. The number of hydrogen-bond acceptors (Lipinski definition) is 8. The highest BCUT2D eigenvalue weighted by molar-refractivity contribution is 7.44. The maximum Gasteiger partial charge on any atom is 0.259 e. The molecule has 0 aliphatic heterocycles. The van der Waals surface area contributed by atoms with Gasteiger partial charge in [0.1, 0.15) is 0 Å². The van der Waals surface area contributed by atoms with Gasteiger partial charge in [0.05, 0.1) is 44.8 Å². The van der Waals surface area contributed by atoms with E-state index in [2.05, 4.69) is 77.5 Å². The largest absolute Gasteiger partial charge is 0.350 e. The number of rotatable bonds is 22. The van der Waals surface area contributed by atoms with Crippen molar-refractivity contribution in [3.05, 3.63) is 0 Å². The third kappa shape index (κ3) is 16.5. The first-order chi connectivity index (χ1) is 22.9. The molecule has 12 nitrogen and oxygen atoms in total. The second kappa shape index (κ2) is 23.6. The van der Waals surface area contributed by atoms with Crippen LogP contribution in [0.5, 0.6) is 0 Å². The van der Waals surface area contributed by atoms with Crippen LogP contribution in [0.3, 0.4) is 0 Å². The van der Waals surface area contributed by atoms with Crippen molar-refractivity contribution in [2.45, 2.75) is 122 Å². The minimum atomic E-state index is -1.41. The summed E-state index contributed by atoms with van der Waals surface area (Å²) < 4.78 is 14.7. The van der Waals surface area contributed by atoms with E-state index in [1.165, 1.54) is 0 Å². The van der Waals surface area contributed by atoms with Crippen molar-refractivity contribution in [2.24, 2.45) is 5.92 Å². The lowest BCUT2D eigenvalue weighted by molar-refractivity contribution is -0.131. The fourth-order valence-electron chi connectivity index (χ4n) is 5.55. The predicted molar refractivity (Wildman–Crippen MR) is 186 cm³/mol. The molecule has 0 bridgehead atoms. The van der Waals surface area contributed by atoms with Crippen LogP contribution in [-0.2, 0) is 28.2 Å². The molecule has 0 aromatic carbocycles. The third-order valence-corrected chi connectivity index (χ3v) is 10.2. The lowest BCUT2D eigenvalue weighted by Gasteiger charge is -2.39. The molecule has 1 fully saturated rings. The normalized spacial score (nSPS) is 16.6. The number of nitrogens with one attached hydrogen (secondary N) is 4. The summed E-state index contributed by atoms with van der Waals surface area (Å²) >= 11 is 0. The van der Waals surface area contributed by atoms with Gasteiger partial charge in [-0.05, 0) is 72.6 Å². The Kier molecular flexibility index (Phi) is 20.9. The Hall–Kier alpha value is -3.64. The van der Waals surface area contributed by atoms with Gasteiger partial charge in [0.2, 0.25) is 23.6 Å². The van der Waals surface area contributed by atoms with Gasteiger partial charge >= 0.3 is 0 Å². The number of carbonyl (C=O) groups is 4. The quantitative estimate of drug-likeness (QED) is 0.0768. The van der Waals surface area contributed by atoms with Crippen molar-refractivity contribution in [1.82, 2.24) is 25.9 Å². The van der Waals surface area contributed by atoms with Crippen molar-refractivity contribution in [2.75, 3.05) is 26.2 Å². The average molecular weight is 685 g/mol. The summed E-state index contributed by atoms with van der Waals surface area (Å²) in [5.41, 5.74) is -1.04. The van der Waals surface area contributed by atoms with E-state index in [1.54, 1.807) is 0 Å². The highest BCUT2D eigenvalue weighted by Gasteiger charge is 2.38.